The second kappa shape index (κ2) is 8.09. The van der Waals surface area contributed by atoms with Gasteiger partial charge in [-0.25, -0.2) is 0 Å². The van der Waals surface area contributed by atoms with Gasteiger partial charge in [0.2, 0.25) is 0 Å². The Morgan fingerprint density at radius 1 is 1.10 bits per heavy atom. The van der Waals surface area contributed by atoms with Crippen LogP contribution in [0.5, 0.6) is 0 Å². The highest BCUT2D eigenvalue weighted by Gasteiger charge is 2.11. The van der Waals surface area contributed by atoms with Crippen LogP contribution >= 0.6 is 35.0 Å². The van der Waals surface area contributed by atoms with Crippen molar-refractivity contribution in [2.45, 2.75) is 24.3 Å². The lowest BCUT2D eigenvalue weighted by atomic mass is 10.1. The molecule has 0 saturated carbocycles. The highest BCUT2D eigenvalue weighted by molar-refractivity contribution is 7.99. The number of benzene rings is 2. The molecule has 112 valence electrons. The zero-order valence-corrected chi connectivity index (χ0v) is 14.5. The molecular weight excluding hydrogens is 321 g/mol. The van der Waals surface area contributed by atoms with E-state index in [4.69, 9.17) is 23.2 Å². The van der Waals surface area contributed by atoms with Crippen molar-refractivity contribution in [3.05, 3.63) is 63.6 Å². The van der Waals surface area contributed by atoms with E-state index in [-0.39, 0.29) is 0 Å². The molecule has 2 aromatic carbocycles. The number of hydrogen-bond donors (Lipinski definition) is 1. The first-order chi connectivity index (χ1) is 10.1. The second-order valence-electron chi connectivity index (χ2n) is 5.03. The normalized spacial score (nSPS) is 12.4. The molecule has 2 rings (SSSR count). The van der Waals surface area contributed by atoms with Crippen LogP contribution in [0.25, 0.3) is 0 Å². The fraction of sp³-hybridized carbons (Fsp3) is 0.294. The fourth-order valence-corrected chi connectivity index (χ4v) is 3.74. The topological polar surface area (TPSA) is 12.0 Å². The number of halogens is 2. The third-order valence-electron chi connectivity index (χ3n) is 3.36. The summed E-state index contributed by atoms with van der Waals surface area (Å²) in [4.78, 5) is 1.12. The maximum atomic E-state index is 6.32. The average molecular weight is 340 g/mol. The SMILES string of the molecule is CNC(CSc1ccccc1Cl)Cc1ccc(C)cc1Cl. The number of nitrogens with one attached hydrogen (secondary N) is 1. The molecule has 1 nitrogen and oxygen atoms in total. The van der Waals surface area contributed by atoms with Gasteiger partial charge in [-0.1, -0.05) is 47.5 Å². The Morgan fingerprint density at radius 3 is 2.52 bits per heavy atom. The molecule has 0 fully saturated rings. The molecule has 0 saturated heterocycles. The van der Waals surface area contributed by atoms with Gasteiger partial charge >= 0.3 is 0 Å². The number of aryl methyl sites for hydroxylation is 1. The first kappa shape index (κ1) is 16.7. The number of thioether (sulfide) groups is 1. The molecule has 0 aliphatic heterocycles. The van der Waals surface area contributed by atoms with Gasteiger partial charge in [0.25, 0.3) is 0 Å². The lowest BCUT2D eigenvalue weighted by Gasteiger charge is -2.17. The molecule has 0 aliphatic rings. The van der Waals surface area contributed by atoms with E-state index in [1.807, 2.05) is 31.3 Å². The van der Waals surface area contributed by atoms with Gasteiger partial charge in [0, 0.05) is 21.7 Å². The molecule has 1 atom stereocenters. The third-order valence-corrected chi connectivity index (χ3v) is 5.39. The van der Waals surface area contributed by atoms with Crippen molar-refractivity contribution in [1.82, 2.24) is 5.32 Å². The molecule has 0 heterocycles. The van der Waals surface area contributed by atoms with Gasteiger partial charge in [0.05, 0.1) is 5.02 Å². The molecule has 0 aromatic heterocycles. The van der Waals surface area contributed by atoms with Gasteiger partial charge < -0.3 is 5.32 Å². The Labute approximate surface area is 141 Å². The molecule has 21 heavy (non-hydrogen) atoms. The lowest BCUT2D eigenvalue weighted by molar-refractivity contribution is 0.617. The molecule has 1 unspecified atom stereocenters. The van der Waals surface area contributed by atoms with Crippen LogP contribution in [-0.2, 0) is 6.42 Å². The van der Waals surface area contributed by atoms with Crippen molar-refractivity contribution in [2.24, 2.45) is 0 Å². The van der Waals surface area contributed by atoms with Gasteiger partial charge in [-0.2, -0.15) is 0 Å². The minimum absolute atomic E-state index is 0.353. The summed E-state index contributed by atoms with van der Waals surface area (Å²) in [6.07, 6.45) is 0.910. The van der Waals surface area contributed by atoms with Crippen molar-refractivity contribution in [2.75, 3.05) is 12.8 Å². The summed E-state index contributed by atoms with van der Waals surface area (Å²) in [5.41, 5.74) is 2.37. The number of likely N-dealkylation sites (N-methyl/N-ethyl adjacent to an activating group) is 1. The molecule has 1 N–H and O–H groups in total. The zero-order chi connectivity index (χ0) is 15.2. The van der Waals surface area contributed by atoms with Gasteiger partial charge in [-0.15, -0.1) is 11.8 Å². The lowest BCUT2D eigenvalue weighted by Crippen LogP contribution is -2.30. The van der Waals surface area contributed by atoms with Gasteiger partial charge in [0.15, 0.2) is 0 Å². The minimum atomic E-state index is 0.353. The molecular formula is C17H19Cl2NS. The molecule has 0 aliphatic carbocycles. The standard InChI is InChI=1S/C17H19Cl2NS/c1-12-7-8-13(16(19)9-12)10-14(20-2)11-21-17-6-4-3-5-15(17)18/h3-9,14,20H,10-11H2,1-2H3. The highest BCUT2D eigenvalue weighted by Crippen LogP contribution is 2.28. The second-order valence-corrected chi connectivity index (χ2v) is 6.90. The smallest absolute Gasteiger partial charge is 0.0541 e. The summed E-state index contributed by atoms with van der Waals surface area (Å²) in [6.45, 7) is 2.05. The Morgan fingerprint density at radius 2 is 1.86 bits per heavy atom. The Balaban J connectivity index is 1.99. The monoisotopic (exact) mass is 339 g/mol. The molecule has 0 amide bonds. The average Bonchev–Trinajstić information content (AvgIpc) is 2.47. The van der Waals surface area contributed by atoms with Gasteiger partial charge in [-0.05, 0) is 49.7 Å². The Kier molecular flexibility index (Phi) is 6.43. The van der Waals surface area contributed by atoms with E-state index in [1.54, 1.807) is 11.8 Å². The Bertz CT molecular complexity index is 601. The minimum Gasteiger partial charge on any atom is -0.316 e. The summed E-state index contributed by atoms with van der Waals surface area (Å²) in [6, 6.07) is 14.5. The summed E-state index contributed by atoms with van der Waals surface area (Å²) >= 11 is 14.3. The number of hydrogen-bond acceptors (Lipinski definition) is 2. The van der Waals surface area contributed by atoms with Crippen LogP contribution in [0, 0.1) is 6.92 Å². The molecule has 0 spiro atoms. The van der Waals surface area contributed by atoms with Crippen LogP contribution in [0.15, 0.2) is 47.4 Å². The van der Waals surface area contributed by atoms with E-state index in [0.29, 0.717) is 6.04 Å². The van der Waals surface area contributed by atoms with Gasteiger partial charge in [0.1, 0.15) is 0 Å². The van der Waals surface area contributed by atoms with E-state index < -0.39 is 0 Å². The highest BCUT2D eigenvalue weighted by atomic mass is 35.5. The van der Waals surface area contributed by atoms with Crippen LogP contribution in [-0.4, -0.2) is 18.8 Å². The quantitative estimate of drug-likeness (QED) is 0.723. The predicted molar refractivity (Wildman–Crippen MR) is 94.9 cm³/mol. The maximum Gasteiger partial charge on any atom is 0.0541 e. The first-order valence-corrected chi connectivity index (χ1v) is 8.64. The molecule has 0 radical (unpaired) electrons. The van der Waals surface area contributed by atoms with Crippen LogP contribution in [0.4, 0.5) is 0 Å². The van der Waals surface area contributed by atoms with Crippen LogP contribution < -0.4 is 5.32 Å². The number of rotatable bonds is 6. The van der Waals surface area contributed by atoms with E-state index >= 15 is 0 Å². The van der Waals surface area contributed by atoms with E-state index in [9.17, 15) is 0 Å². The molecule has 0 bridgehead atoms. The van der Waals surface area contributed by atoms with Crippen LogP contribution in [0.3, 0.4) is 0 Å². The first-order valence-electron chi connectivity index (χ1n) is 6.89. The van der Waals surface area contributed by atoms with Gasteiger partial charge in [-0.3, -0.25) is 0 Å². The summed E-state index contributed by atoms with van der Waals surface area (Å²) in [5.74, 6) is 0.949. The summed E-state index contributed by atoms with van der Waals surface area (Å²) in [5, 5.41) is 5.02. The van der Waals surface area contributed by atoms with Crippen molar-refractivity contribution in [3.8, 4) is 0 Å². The predicted octanol–water partition coefficient (Wildman–Crippen LogP) is 5.22. The summed E-state index contributed by atoms with van der Waals surface area (Å²) in [7, 11) is 1.99. The maximum absolute atomic E-state index is 6.32. The molecule has 4 heteroatoms. The van der Waals surface area contributed by atoms with E-state index in [1.165, 1.54) is 11.1 Å². The Hall–Kier alpha value is -0.670. The van der Waals surface area contributed by atoms with E-state index in [2.05, 4.69) is 30.4 Å². The van der Waals surface area contributed by atoms with Crippen molar-refractivity contribution in [3.63, 3.8) is 0 Å². The van der Waals surface area contributed by atoms with E-state index in [0.717, 1.165) is 27.1 Å². The van der Waals surface area contributed by atoms with Crippen molar-refractivity contribution >= 4 is 35.0 Å². The summed E-state index contributed by atoms with van der Waals surface area (Å²) < 4.78 is 0. The van der Waals surface area contributed by atoms with Crippen molar-refractivity contribution < 1.29 is 0 Å². The molecule has 2 aromatic rings. The third kappa shape index (κ3) is 4.93. The van der Waals surface area contributed by atoms with Crippen LogP contribution in [0.2, 0.25) is 10.0 Å². The zero-order valence-electron chi connectivity index (χ0n) is 12.2. The largest absolute Gasteiger partial charge is 0.316 e. The van der Waals surface area contributed by atoms with Crippen LogP contribution in [0.1, 0.15) is 11.1 Å². The van der Waals surface area contributed by atoms with Crippen molar-refractivity contribution in [1.29, 1.82) is 0 Å². The fourth-order valence-electron chi connectivity index (χ4n) is 2.08.